The van der Waals surface area contributed by atoms with E-state index in [2.05, 4.69) is 5.32 Å². The molecule has 3 rings (SSSR count). The summed E-state index contributed by atoms with van der Waals surface area (Å²) in [5, 5.41) is 2.31. The van der Waals surface area contributed by atoms with Gasteiger partial charge in [-0.1, -0.05) is 30.3 Å². The first-order chi connectivity index (χ1) is 15.2. The molecule has 1 aliphatic rings. The van der Waals surface area contributed by atoms with Gasteiger partial charge in [-0.2, -0.15) is 0 Å². The Morgan fingerprint density at radius 2 is 1.78 bits per heavy atom. The Bertz CT molecular complexity index is 1070. The van der Waals surface area contributed by atoms with Crippen LogP contribution in [0.4, 0.5) is 10.5 Å². The van der Waals surface area contributed by atoms with Crippen molar-refractivity contribution in [3.63, 3.8) is 0 Å². The van der Waals surface area contributed by atoms with Gasteiger partial charge in [-0.15, -0.1) is 0 Å². The summed E-state index contributed by atoms with van der Waals surface area (Å²) in [5.41, 5.74) is 3.11. The number of anilines is 1. The summed E-state index contributed by atoms with van der Waals surface area (Å²) in [6.07, 6.45) is 1.48. The number of para-hydroxylation sites is 2. The maximum absolute atomic E-state index is 12.9. The minimum Gasteiger partial charge on any atom is -0.493 e. The summed E-state index contributed by atoms with van der Waals surface area (Å²) < 4.78 is 11.2. The number of thioether (sulfide) groups is 1. The van der Waals surface area contributed by atoms with Gasteiger partial charge in [0.05, 0.1) is 18.1 Å². The zero-order chi connectivity index (χ0) is 23.4. The maximum atomic E-state index is 12.9. The lowest BCUT2D eigenvalue weighted by Crippen LogP contribution is -2.36. The van der Waals surface area contributed by atoms with Crippen molar-refractivity contribution in [2.45, 2.75) is 33.8 Å². The van der Waals surface area contributed by atoms with E-state index in [1.165, 1.54) is 7.11 Å². The van der Waals surface area contributed by atoms with Gasteiger partial charge < -0.3 is 14.8 Å². The monoisotopic (exact) mass is 454 g/mol. The van der Waals surface area contributed by atoms with Gasteiger partial charge in [-0.3, -0.25) is 19.3 Å². The summed E-state index contributed by atoms with van der Waals surface area (Å²) in [4.78, 5) is 39.1. The molecule has 8 heteroatoms. The molecule has 2 aromatic carbocycles. The molecule has 0 spiro atoms. The van der Waals surface area contributed by atoms with Gasteiger partial charge >= 0.3 is 0 Å². The second-order valence-electron chi connectivity index (χ2n) is 7.63. The Hall–Kier alpha value is -3.26. The van der Waals surface area contributed by atoms with Crippen molar-refractivity contribution in [2.75, 3.05) is 19.0 Å². The fourth-order valence-corrected chi connectivity index (χ4v) is 4.11. The number of aryl methyl sites for hydroxylation is 2. The molecule has 0 saturated carbocycles. The van der Waals surface area contributed by atoms with Gasteiger partial charge in [0.25, 0.3) is 11.1 Å². The summed E-state index contributed by atoms with van der Waals surface area (Å²) in [6, 6.07) is 11.0. The molecule has 0 aromatic heterocycles. The SMILES string of the molecule is COc1cccc(/C=C2/SC(=O)N(CC(=O)Nc3c(C)cccc3C)C2=O)c1OC(C)C. The number of amides is 3. The maximum Gasteiger partial charge on any atom is 0.294 e. The van der Waals surface area contributed by atoms with E-state index >= 15 is 0 Å². The van der Waals surface area contributed by atoms with Gasteiger partial charge in [0, 0.05) is 11.3 Å². The largest absolute Gasteiger partial charge is 0.493 e. The van der Waals surface area contributed by atoms with Crippen molar-refractivity contribution in [3.8, 4) is 11.5 Å². The Kier molecular flexibility index (Phi) is 7.25. The van der Waals surface area contributed by atoms with E-state index in [9.17, 15) is 14.4 Å². The molecule has 0 unspecified atom stereocenters. The highest BCUT2D eigenvalue weighted by atomic mass is 32.2. The summed E-state index contributed by atoms with van der Waals surface area (Å²) >= 11 is 0.794. The molecule has 32 heavy (non-hydrogen) atoms. The number of nitrogens with one attached hydrogen (secondary N) is 1. The second-order valence-corrected chi connectivity index (χ2v) is 8.62. The molecule has 1 aliphatic heterocycles. The zero-order valence-corrected chi connectivity index (χ0v) is 19.5. The molecular formula is C24H26N2O5S. The highest BCUT2D eigenvalue weighted by Crippen LogP contribution is 2.37. The quantitative estimate of drug-likeness (QED) is 0.607. The molecule has 7 nitrogen and oxygen atoms in total. The third-order valence-electron chi connectivity index (χ3n) is 4.79. The van der Waals surface area contributed by atoms with Gasteiger partial charge in [0.1, 0.15) is 6.54 Å². The first-order valence-electron chi connectivity index (χ1n) is 10.2. The van der Waals surface area contributed by atoms with E-state index < -0.39 is 17.1 Å². The second kappa shape index (κ2) is 9.91. The molecule has 0 bridgehead atoms. The number of methoxy groups -OCH3 is 1. The molecular weight excluding hydrogens is 428 g/mol. The molecule has 0 atom stereocenters. The minimum absolute atomic E-state index is 0.109. The van der Waals surface area contributed by atoms with Gasteiger partial charge in [0.2, 0.25) is 5.91 Å². The molecule has 1 fully saturated rings. The van der Waals surface area contributed by atoms with Gasteiger partial charge in [-0.25, -0.2) is 0 Å². The topological polar surface area (TPSA) is 84.9 Å². The van der Waals surface area contributed by atoms with Gasteiger partial charge in [-0.05, 0) is 62.7 Å². The number of hydrogen-bond acceptors (Lipinski definition) is 6. The number of benzene rings is 2. The fraction of sp³-hybridized carbons (Fsp3) is 0.292. The van der Waals surface area contributed by atoms with Crippen LogP contribution >= 0.6 is 11.8 Å². The summed E-state index contributed by atoms with van der Waals surface area (Å²) in [5.74, 6) is 0.0651. The first kappa shape index (κ1) is 23.4. The Labute approximate surface area is 191 Å². The van der Waals surface area contributed by atoms with Crippen molar-refractivity contribution in [1.29, 1.82) is 0 Å². The fourth-order valence-electron chi connectivity index (χ4n) is 3.28. The highest BCUT2D eigenvalue weighted by Gasteiger charge is 2.36. The minimum atomic E-state index is -0.519. The molecule has 1 saturated heterocycles. The standard InChI is InChI=1S/C24H26N2O5S/c1-14(2)31-22-17(10-7-11-18(22)30-5)12-19-23(28)26(24(29)32-19)13-20(27)25-21-15(3)8-6-9-16(21)4/h6-12,14H,13H2,1-5H3,(H,25,27)/b19-12+. The van der Waals surface area contributed by atoms with Crippen molar-refractivity contribution in [2.24, 2.45) is 0 Å². The molecule has 1 heterocycles. The van der Waals surface area contributed by atoms with Crippen molar-refractivity contribution in [1.82, 2.24) is 4.90 Å². The molecule has 168 valence electrons. The van der Waals surface area contributed by atoms with E-state index in [1.54, 1.807) is 24.3 Å². The van der Waals surface area contributed by atoms with Crippen LogP contribution in [0.15, 0.2) is 41.3 Å². The van der Waals surface area contributed by atoms with E-state index in [0.717, 1.165) is 27.8 Å². The van der Waals surface area contributed by atoms with E-state index in [4.69, 9.17) is 9.47 Å². The smallest absolute Gasteiger partial charge is 0.294 e. The van der Waals surface area contributed by atoms with Crippen molar-refractivity contribution in [3.05, 3.63) is 58.0 Å². The van der Waals surface area contributed by atoms with Crippen LogP contribution in [0.5, 0.6) is 11.5 Å². The van der Waals surface area contributed by atoms with E-state index in [-0.39, 0.29) is 17.6 Å². The predicted molar refractivity (Wildman–Crippen MR) is 126 cm³/mol. The van der Waals surface area contributed by atoms with Crippen LogP contribution in [0.3, 0.4) is 0 Å². The average molecular weight is 455 g/mol. The summed E-state index contributed by atoms with van der Waals surface area (Å²) in [6.45, 7) is 7.19. The number of rotatable bonds is 7. The van der Waals surface area contributed by atoms with Crippen LogP contribution in [-0.2, 0) is 9.59 Å². The number of imide groups is 1. The highest BCUT2D eigenvalue weighted by molar-refractivity contribution is 8.18. The van der Waals surface area contributed by atoms with E-state index in [0.29, 0.717) is 22.7 Å². The third-order valence-corrected chi connectivity index (χ3v) is 5.70. The Morgan fingerprint density at radius 1 is 1.12 bits per heavy atom. The first-order valence-corrected chi connectivity index (χ1v) is 11.0. The normalized spacial score (nSPS) is 14.9. The van der Waals surface area contributed by atoms with Crippen LogP contribution in [0.2, 0.25) is 0 Å². The van der Waals surface area contributed by atoms with Crippen molar-refractivity contribution < 1.29 is 23.9 Å². The molecule has 0 aliphatic carbocycles. The van der Waals surface area contributed by atoms with Crippen LogP contribution < -0.4 is 14.8 Å². The predicted octanol–water partition coefficient (Wildman–Crippen LogP) is 4.77. The zero-order valence-electron chi connectivity index (χ0n) is 18.7. The number of hydrogen-bond donors (Lipinski definition) is 1. The number of ether oxygens (including phenoxy) is 2. The van der Waals surface area contributed by atoms with Crippen molar-refractivity contribution >= 4 is 40.6 Å². The van der Waals surface area contributed by atoms with Crippen LogP contribution in [0, 0.1) is 13.8 Å². The molecule has 2 aromatic rings. The lowest BCUT2D eigenvalue weighted by Gasteiger charge is -2.16. The molecule has 0 radical (unpaired) electrons. The van der Waals surface area contributed by atoms with E-state index in [1.807, 2.05) is 45.9 Å². The van der Waals surface area contributed by atoms with Gasteiger partial charge in [0.15, 0.2) is 11.5 Å². The summed E-state index contributed by atoms with van der Waals surface area (Å²) in [7, 11) is 1.54. The van der Waals surface area contributed by atoms with Crippen LogP contribution in [-0.4, -0.2) is 41.7 Å². The number of carbonyl (C=O) groups excluding carboxylic acids is 3. The van der Waals surface area contributed by atoms with Crippen LogP contribution in [0.1, 0.15) is 30.5 Å². The molecule has 3 amide bonds. The number of carbonyl (C=O) groups is 3. The average Bonchev–Trinajstić information content (AvgIpc) is 2.99. The molecule has 1 N–H and O–H groups in total. The third kappa shape index (κ3) is 5.13. The van der Waals surface area contributed by atoms with Crippen LogP contribution in [0.25, 0.3) is 6.08 Å². The Balaban J connectivity index is 1.81. The lowest BCUT2D eigenvalue weighted by atomic mass is 10.1. The lowest BCUT2D eigenvalue weighted by molar-refractivity contribution is -0.127. The Morgan fingerprint density at radius 3 is 2.41 bits per heavy atom. The number of nitrogens with zero attached hydrogens (tertiary/aromatic N) is 1.